The van der Waals surface area contributed by atoms with Crippen LogP contribution in [0.15, 0.2) is 0 Å². The lowest BCUT2D eigenvalue weighted by atomic mass is 11.0. The summed E-state index contributed by atoms with van der Waals surface area (Å²) >= 11 is 1.52. The van der Waals surface area contributed by atoms with Crippen LogP contribution in [0.3, 0.4) is 0 Å². The van der Waals surface area contributed by atoms with Crippen LogP contribution >= 0.6 is 11.8 Å². The van der Waals surface area contributed by atoms with Gasteiger partial charge in [-0.05, 0) is 5.75 Å². The fraction of sp³-hybridized carbons (Fsp3) is 1.00. The molecule has 0 fully saturated rings. The van der Waals surface area contributed by atoms with Gasteiger partial charge < -0.3 is 0 Å². The van der Waals surface area contributed by atoms with Crippen LogP contribution in [0, 0.1) is 0 Å². The predicted molar refractivity (Wildman–Crippen MR) is 27.2 cm³/mol. The van der Waals surface area contributed by atoms with Crippen molar-refractivity contribution in [3.05, 3.63) is 0 Å². The molecule has 1 nitrogen and oxygen atoms in total. The van der Waals surface area contributed by atoms with Gasteiger partial charge in [0.05, 0.1) is 5.88 Å². The lowest BCUT2D eigenvalue weighted by molar-refractivity contribution is 0.370. The highest BCUT2D eigenvalue weighted by Crippen LogP contribution is 1.92. The Morgan fingerprint density at radius 3 is 2.67 bits per heavy atom. The average Bonchev–Trinajstić information content (AvgIpc) is 1.61. The summed E-state index contributed by atoms with van der Waals surface area (Å²) in [5.41, 5.74) is 1.53. The van der Waals surface area contributed by atoms with Gasteiger partial charge in [0.2, 0.25) is 0 Å². The van der Waals surface area contributed by atoms with Crippen molar-refractivity contribution in [3.8, 4) is 0 Å². The number of hydrogen-bond donors (Lipinski definition) is 1. The predicted octanol–water partition coefficient (Wildman–Crippen LogP) is 1.17. The van der Waals surface area contributed by atoms with Crippen LogP contribution in [0.25, 0.3) is 0 Å². The summed E-state index contributed by atoms with van der Waals surface area (Å²) in [6, 6.07) is 0. The Bertz CT molecular complexity index is 22.8. The topological polar surface area (TPSA) is 12.0 Å². The molecule has 38 valence electrons. The number of hydrogen-bond acceptors (Lipinski definition) is 2. The van der Waals surface area contributed by atoms with Crippen molar-refractivity contribution in [3.63, 3.8) is 0 Å². The van der Waals surface area contributed by atoms with Gasteiger partial charge in [-0.25, -0.2) is 0 Å². The largest absolute Gasteiger partial charge is 0.149 e. The van der Waals surface area contributed by atoms with Gasteiger partial charge in [0, 0.05) is 0 Å². The van der Waals surface area contributed by atoms with E-state index in [-0.39, 0.29) is 0 Å². The average molecular weight is 109 g/mol. The zero-order valence-electron chi connectivity index (χ0n) is 3.70. The molecule has 0 bridgehead atoms. The minimum absolute atomic E-state index is 0.413. The third-order valence-corrected chi connectivity index (χ3v) is 1.08. The Kier molecular flexibility index (Phi) is 5.45. The zero-order valence-corrected chi connectivity index (χ0v) is 4.52. The molecule has 0 saturated heterocycles. The van der Waals surface area contributed by atoms with E-state index in [4.69, 9.17) is 0 Å². The summed E-state index contributed by atoms with van der Waals surface area (Å²) in [7, 11) is 0. The summed E-state index contributed by atoms with van der Waals surface area (Å²) in [5, 5.41) is 0. The van der Waals surface area contributed by atoms with Crippen LogP contribution in [0.4, 0.5) is 4.48 Å². The van der Waals surface area contributed by atoms with E-state index >= 15 is 0 Å². The number of thioether (sulfide) groups is 1. The van der Waals surface area contributed by atoms with E-state index in [0.29, 0.717) is 5.88 Å². The van der Waals surface area contributed by atoms with E-state index in [2.05, 4.69) is 0 Å². The summed E-state index contributed by atoms with van der Waals surface area (Å²) in [5.74, 6) is 1.38. The highest BCUT2D eigenvalue weighted by Gasteiger charge is 1.75. The van der Waals surface area contributed by atoms with Crippen LogP contribution < -0.4 is 5.54 Å². The molecule has 0 aliphatic carbocycles. The Balaban J connectivity index is 2.34. The van der Waals surface area contributed by atoms with Gasteiger partial charge in [0.1, 0.15) is 0 Å². The third kappa shape index (κ3) is 4.24. The Morgan fingerprint density at radius 2 is 2.50 bits per heavy atom. The lowest BCUT2D eigenvalue weighted by Crippen LogP contribution is -1.96. The third-order valence-electron chi connectivity index (χ3n) is 0.361. The maximum absolute atomic E-state index is 10.9. The molecule has 0 spiro atoms. The van der Waals surface area contributed by atoms with Gasteiger partial charge in [-0.2, -0.15) is 0 Å². The van der Waals surface area contributed by atoms with Crippen molar-refractivity contribution in [1.82, 2.24) is 5.54 Å². The number of rotatable bonds is 3. The van der Waals surface area contributed by atoms with Gasteiger partial charge in [0.15, 0.2) is 0 Å². The van der Waals surface area contributed by atoms with Crippen molar-refractivity contribution in [1.29, 1.82) is 0 Å². The maximum atomic E-state index is 10.9. The summed E-state index contributed by atoms with van der Waals surface area (Å²) in [6.07, 6.45) is 0. The van der Waals surface area contributed by atoms with E-state index in [1.807, 2.05) is 6.92 Å². The summed E-state index contributed by atoms with van der Waals surface area (Å²) in [6.45, 7) is 1.99. The van der Waals surface area contributed by atoms with Gasteiger partial charge >= 0.3 is 0 Å². The molecule has 0 aliphatic rings. The quantitative estimate of drug-likeness (QED) is 0.332. The highest BCUT2D eigenvalue weighted by atomic mass is 32.2. The first-order valence-corrected chi connectivity index (χ1v) is 2.98. The minimum Gasteiger partial charge on any atom is -0.149 e. The zero-order chi connectivity index (χ0) is 4.83. The van der Waals surface area contributed by atoms with Crippen LogP contribution in [0.1, 0.15) is 6.92 Å². The molecule has 0 heterocycles. The molecular weight excluding hydrogens is 101 g/mol. The molecule has 6 heavy (non-hydrogen) atoms. The molecule has 0 rings (SSSR count). The van der Waals surface area contributed by atoms with Crippen LogP contribution in [-0.2, 0) is 0 Å². The molecule has 3 heteroatoms. The Labute approximate surface area is 41.2 Å². The SMILES string of the molecule is CCSCNF. The number of halogens is 1. The summed E-state index contributed by atoms with van der Waals surface area (Å²) < 4.78 is 10.9. The fourth-order valence-corrected chi connectivity index (χ4v) is 0.422. The monoisotopic (exact) mass is 109 g/mol. The molecule has 0 unspecified atom stereocenters. The molecule has 0 radical (unpaired) electrons. The second-order valence-electron chi connectivity index (χ2n) is 0.771. The van der Waals surface area contributed by atoms with Gasteiger partial charge in [-0.1, -0.05) is 6.92 Å². The normalized spacial score (nSPS) is 9.00. The van der Waals surface area contributed by atoms with Crippen LogP contribution in [-0.4, -0.2) is 11.6 Å². The fourth-order valence-electron chi connectivity index (χ4n) is 0.141. The standard InChI is InChI=1S/C3H8FNS/c1-2-6-3-5-4/h5H,2-3H2,1H3. The molecule has 0 aromatic carbocycles. The van der Waals surface area contributed by atoms with Crippen molar-refractivity contribution in [2.45, 2.75) is 6.92 Å². The van der Waals surface area contributed by atoms with Crippen molar-refractivity contribution in [2.24, 2.45) is 0 Å². The number of nitrogens with one attached hydrogen (secondary N) is 1. The first-order valence-electron chi connectivity index (χ1n) is 1.83. The van der Waals surface area contributed by atoms with E-state index in [0.717, 1.165) is 5.75 Å². The molecule has 0 aromatic rings. The van der Waals surface area contributed by atoms with E-state index < -0.39 is 0 Å². The smallest absolute Gasteiger partial charge is 0.0715 e. The van der Waals surface area contributed by atoms with Crippen molar-refractivity contribution >= 4 is 11.8 Å². The second kappa shape index (κ2) is 5.24. The molecule has 0 amide bonds. The van der Waals surface area contributed by atoms with E-state index in [9.17, 15) is 4.48 Å². The van der Waals surface area contributed by atoms with Crippen molar-refractivity contribution < 1.29 is 4.48 Å². The van der Waals surface area contributed by atoms with E-state index in [1.54, 1.807) is 0 Å². The van der Waals surface area contributed by atoms with Crippen LogP contribution in [0.5, 0.6) is 0 Å². The maximum Gasteiger partial charge on any atom is 0.0715 e. The van der Waals surface area contributed by atoms with Gasteiger partial charge in [-0.3, -0.25) is 0 Å². The second-order valence-corrected chi connectivity index (χ2v) is 2.05. The van der Waals surface area contributed by atoms with Crippen molar-refractivity contribution in [2.75, 3.05) is 11.6 Å². The molecular formula is C3H8FNS. The molecule has 0 saturated carbocycles. The van der Waals surface area contributed by atoms with Gasteiger partial charge in [-0.15, -0.1) is 21.8 Å². The molecule has 0 aliphatic heterocycles. The minimum atomic E-state index is 0.413. The Morgan fingerprint density at radius 1 is 1.83 bits per heavy atom. The first kappa shape index (κ1) is 6.24. The molecule has 1 N–H and O–H groups in total. The lowest BCUT2D eigenvalue weighted by Gasteiger charge is -1.86. The van der Waals surface area contributed by atoms with Gasteiger partial charge in [0.25, 0.3) is 0 Å². The van der Waals surface area contributed by atoms with Crippen LogP contribution in [0.2, 0.25) is 0 Å². The summed E-state index contributed by atoms with van der Waals surface area (Å²) in [4.78, 5) is 0. The molecule has 0 aromatic heterocycles. The molecule has 0 atom stereocenters. The first-order chi connectivity index (χ1) is 2.91. The Hall–Kier alpha value is 0.240. The van der Waals surface area contributed by atoms with E-state index in [1.165, 1.54) is 17.3 Å². The highest BCUT2D eigenvalue weighted by molar-refractivity contribution is 7.99.